The van der Waals surface area contributed by atoms with Crippen LogP contribution >= 0.6 is 0 Å². The summed E-state index contributed by atoms with van der Waals surface area (Å²) < 4.78 is 18.8. The summed E-state index contributed by atoms with van der Waals surface area (Å²) >= 11 is 0. The van der Waals surface area contributed by atoms with E-state index in [0.717, 1.165) is 0 Å². The third kappa shape index (κ3) is 3.63. The SMILES string of the molecule is C=CC[C@@](F)(C(=O)OCC)[C@@H](O)CCC. The summed E-state index contributed by atoms with van der Waals surface area (Å²) in [6, 6.07) is 0. The van der Waals surface area contributed by atoms with Crippen molar-refractivity contribution in [3.05, 3.63) is 12.7 Å². The molecule has 0 unspecified atom stereocenters. The minimum Gasteiger partial charge on any atom is -0.464 e. The number of hydrogen-bond donors (Lipinski definition) is 1. The van der Waals surface area contributed by atoms with Gasteiger partial charge in [-0.05, 0) is 13.3 Å². The molecule has 0 aromatic heterocycles. The maximum atomic E-state index is 14.2. The Morgan fingerprint density at radius 3 is 2.67 bits per heavy atom. The lowest BCUT2D eigenvalue weighted by Gasteiger charge is -2.26. The lowest BCUT2D eigenvalue weighted by molar-refractivity contribution is -0.166. The second-order valence-corrected chi connectivity index (χ2v) is 3.38. The van der Waals surface area contributed by atoms with Crippen LogP contribution in [-0.4, -0.2) is 29.5 Å². The van der Waals surface area contributed by atoms with Gasteiger partial charge in [-0.15, -0.1) is 6.58 Å². The maximum Gasteiger partial charge on any atom is 0.346 e. The van der Waals surface area contributed by atoms with Gasteiger partial charge in [0.05, 0.1) is 12.7 Å². The summed E-state index contributed by atoms with van der Waals surface area (Å²) in [6.45, 7) is 6.87. The number of esters is 1. The van der Waals surface area contributed by atoms with Gasteiger partial charge in [0.15, 0.2) is 0 Å². The predicted molar refractivity (Wildman–Crippen MR) is 56.2 cm³/mol. The van der Waals surface area contributed by atoms with Crippen LogP contribution in [0.5, 0.6) is 0 Å². The van der Waals surface area contributed by atoms with Crippen molar-refractivity contribution >= 4 is 5.97 Å². The average molecular weight is 218 g/mol. The van der Waals surface area contributed by atoms with E-state index in [-0.39, 0.29) is 19.4 Å². The highest BCUT2D eigenvalue weighted by Crippen LogP contribution is 2.26. The Bertz CT molecular complexity index is 218. The van der Waals surface area contributed by atoms with Crippen LogP contribution < -0.4 is 0 Å². The highest BCUT2D eigenvalue weighted by Gasteiger charge is 2.45. The van der Waals surface area contributed by atoms with E-state index in [1.54, 1.807) is 6.92 Å². The number of allylic oxidation sites excluding steroid dienone is 1. The monoisotopic (exact) mass is 218 g/mol. The fourth-order valence-corrected chi connectivity index (χ4v) is 1.32. The van der Waals surface area contributed by atoms with Gasteiger partial charge < -0.3 is 9.84 Å². The number of ether oxygens (including phenoxy) is 1. The number of halogens is 1. The largest absolute Gasteiger partial charge is 0.464 e. The highest BCUT2D eigenvalue weighted by atomic mass is 19.1. The van der Waals surface area contributed by atoms with E-state index < -0.39 is 17.7 Å². The first-order valence-electron chi connectivity index (χ1n) is 5.18. The van der Waals surface area contributed by atoms with Gasteiger partial charge in [-0.25, -0.2) is 9.18 Å². The lowest BCUT2D eigenvalue weighted by Crippen LogP contribution is -2.46. The molecule has 0 aromatic carbocycles. The van der Waals surface area contributed by atoms with Gasteiger partial charge in [-0.1, -0.05) is 19.4 Å². The van der Waals surface area contributed by atoms with Gasteiger partial charge in [0, 0.05) is 6.42 Å². The standard InChI is InChI=1S/C11H19FO3/c1-4-7-9(13)11(12,8-5-2)10(14)15-6-3/h5,9,13H,2,4,6-8H2,1,3H3/t9-,11-/m0/s1. The molecule has 0 saturated carbocycles. The van der Waals surface area contributed by atoms with Crippen LogP contribution in [0, 0.1) is 0 Å². The van der Waals surface area contributed by atoms with Crippen LogP contribution in [0.3, 0.4) is 0 Å². The molecule has 0 aromatic rings. The number of hydrogen-bond acceptors (Lipinski definition) is 3. The van der Waals surface area contributed by atoms with E-state index in [9.17, 15) is 14.3 Å². The topological polar surface area (TPSA) is 46.5 Å². The van der Waals surface area contributed by atoms with Crippen molar-refractivity contribution in [1.82, 2.24) is 0 Å². The van der Waals surface area contributed by atoms with Crippen LogP contribution in [-0.2, 0) is 9.53 Å². The number of carbonyl (C=O) groups excluding carboxylic acids is 1. The summed E-state index contributed by atoms with van der Waals surface area (Å²) in [6.07, 6.45) is 0.537. The van der Waals surface area contributed by atoms with Gasteiger partial charge in [0.2, 0.25) is 5.67 Å². The van der Waals surface area contributed by atoms with E-state index in [2.05, 4.69) is 11.3 Å². The second-order valence-electron chi connectivity index (χ2n) is 3.38. The quantitative estimate of drug-likeness (QED) is 0.525. The Morgan fingerprint density at radius 1 is 1.67 bits per heavy atom. The lowest BCUT2D eigenvalue weighted by atomic mass is 9.92. The van der Waals surface area contributed by atoms with Crippen LogP contribution in [0.15, 0.2) is 12.7 Å². The van der Waals surface area contributed by atoms with Crippen LogP contribution in [0.1, 0.15) is 33.1 Å². The summed E-state index contributed by atoms with van der Waals surface area (Å²) in [5.74, 6) is -1.01. The molecule has 0 heterocycles. The first kappa shape index (κ1) is 14.1. The highest BCUT2D eigenvalue weighted by molar-refractivity contribution is 5.80. The van der Waals surface area contributed by atoms with Crippen molar-refractivity contribution in [3.8, 4) is 0 Å². The molecule has 15 heavy (non-hydrogen) atoms. The van der Waals surface area contributed by atoms with Crippen LogP contribution in [0.2, 0.25) is 0 Å². The molecule has 0 fully saturated rings. The molecule has 3 nitrogen and oxygen atoms in total. The molecule has 0 bridgehead atoms. The number of rotatable bonds is 7. The molecule has 0 spiro atoms. The number of aliphatic hydroxyl groups excluding tert-OH is 1. The molecule has 2 atom stereocenters. The Morgan fingerprint density at radius 2 is 2.27 bits per heavy atom. The zero-order chi connectivity index (χ0) is 11.9. The normalized spacial score (nSPS) is 16.5. The average Bonchev–Trinajstić information content (AvgIpc) is 2.18. The van der Waals surface area contributed by atoms with E-state index in [1.165, 1.54) is 6.08 Å². The van der Waals surface area contributed by atoms with Crippen molar-refractivity contribution in [2.75, 3.05) is 6.61 Å². The van der Waals surface area contributed by atoms with E-state index in [1.807, 2.05) is 6.92 Å². The van der Waals surface area contributed by atoms with Gasteiger partial charge in [0.1, 0.15) is 0 Å². The van der Waals surface area contributed by atoms with E-state index in [0.29, 0.717) is 6.42 Å². The van der Waals surface area contributed by atoms with Gasteiger partial charge in [-0.2, -0.15) is 0 Å². The fraction of sp³-hybridized carbons (Fsp3) is 0.727. The molecule has 0 amide bonds. The summed E-state index contributed by atoms with van der Waals surface area (Å²) in [5.41, 5.74) is -2.35. The molecule has 88 valence electrons. The first-order valence-corrected chi connectivity index (χ1v) is 5.18. The zero-order valence-corrected chi connectivity index (χ0v) is 9.33. The van der Waals surface area contributed by atoms with Crippen molar-refractivity contribution < 1.29 is 19.0 Å². The minimum absolute atomic E-state index is 0.0977. The Balaban J connectivity index is 4.69. The molecule has 4 heteroatoms. The Kier molecular flexibility index (Phi) is 6.17. The van der Waals surface area contributed by atoms with Gasteiger partial charge in [0.25, 0.3) is 0 Å². The molecular weight excluding hydrogens is 199 g/mol. The number of carbonyl (C=O) groups is 1. The number of aliphatic hydroxyl groups is 1. The van der Waals surface area contributed by atoms with Crippen molar-refractivity contribution in [3.63, 3.8) is 0 Å². The van der Waals surface area contributed by atoms with Gasteiger partial charge in [-0.3, -0.25) is 0 Å². The van der Waals surface area contributed by atoms with Crippen molar-refractivity contribution in [2.24, 2.45) is 0 Å². The first-order chi connectivity index (χ1) is 7.02. The molecule has 0 aliphatic carbocycles. The third-order valence-electron chi connectivity index (χ3n) is 2.15. The summed E-state index contributed by atoms with van der Waals surface area (Å²) in [4.78, 5) is 11.4. The molecule has 0 radical (unpaired) electrons. The van der Waals surface area contributed by atoms with Crippen molar-refractivity contribution in [2.45, 2.75) is 44.9 Å². The molecule has 1 N–H and O–H groups in total. The zero-order valence-electron chi connectivity index (χ0n) is 9.33. The predicted octanol–water partition coefficient (Wildman–Crippen LogP) is 1.99. The van der Waals surface area contributed by atoms with Gasteiger partial charge >= 0.3 is 5.97 Å². The molecule has 0 saturated heterocycles. The number of alkyl halides is 1. The Hall–Kier alpha value is -0.900. The Labute approximate surface area is 89.9 Å². The second kappa shape index (κ2) is 6.56. The fourth-order valence-electron chi connectivity index (χ4n) is 1.32. The summed E-state index contributed by atoms with van der Waals surface area (Å²) in [7, 11) is 0. The minimum atomic E-state index is -2.35. The maximum absolute atomic E-state index is 14.2. The summed E-state index contributed by atoms with van der Waals surface area (Å²) in [5, 5.41) is 9.57. The van der Waals surface area contributed by atoms with E-state index in [4.69, 9.17) is 0 Å². The molecule has 0 aliphatic heterocycles. The molecule has 0 rings (SSSR count). The van der Waals surface area contributed by atoms with E-state index >= 15 is 0 Å². The third-order valence-corrected chi connectivity index (χ3v) is 2.15. The van der Waals surface area contributed by atoms with Crippen LogP contribution in [0.25, 0.3) is 0 Å². The smallest absolute Gasteiger partial charge is 0.346 e. The molecular formula is C11H19FO3. The molecule has 0 aliphatic rings. The van der Waals surface area contributed by atoms with Crippen molar-refractivity contribution in [1.29, 1.82) is 0 Å². The van der Waals surface area contributed by atoms with Crippen LogP contribution in [0.4, 0.5) is 4.39 Å².